The Labute approximate surface area is 125 Å². The molecule has 0 aromatic heterocycles. The van der Waals surface area contributed by atoms with Crippen LogP contribution in [0.25, 0.3) is 0 Å². The van der Waals surface area contributed by atoms with Crippen LogP contribution in [0.3, 0.4) is 0 Å². The lowest BCUT2D eigenvalue weighted by atomic mass is 10.0. The molecule has 2 rings (SSSR count). The van der Waals surface area contributed by atoms with E-state index in [-0.39, 0.29) is 0 Å². The summed E-state index contributed by atoms with van der Waals surface area (Å²) in [6, 6.07) is 7.00. The molecule has 2 unspecified atom stereocenters. The molecule has 1 aliphatic heterocycles. The Balaban J connectivity index is 2.16. The molecular weight excluding hydrogens is 300 g/mol. The summed E-state index contributed by atoms with van der Waals surface area (Å²) in [5.74, 6) is 0.857. The molecule has 19 heavy (non-hydrogen) atoms. The van der Waals surface area contributed by atoms with E-state index in [0.717, 1.165) is 5.92 Å². The van der Waals surface area contributed by atoms with Gasteiger partial charge in [0.05, 0.1) is 0 Å². The molecule has 1 heterocycles. The standard InChI is InChI=1S/C16H25BrN2/c1-12-4-3-8-19(9-7-12)16(11-18)14-5-6-15(17)13(2)10-14/h5-6,10,12,16H,3-4,7-9,11,18H2,1-2H3. The van der Waals surface area contributed by atoms with Crippen molar-refractivity contribution in [3.63, 3.8) is 0 Å². The number of rotatable bonds is 3. The zero-order valence-corrected chi connectivity index (χ0v) is 13.6. The largest absolute Gasteiger partial charge is 0.329 e. The molecule has 0 saturated carbocycles. The molecule has 0 bridgehead atoms. The fraction of sp³-hybridized carbons (Fsp3) is 0.625. The van der Waals surface area contributed by atoms with Crippen LogP contribution in [0.5, 0.6) is 0 Å². The Bertz CT molecular complexity index is 419. The van der Waals surface area contributed by atoms with Gasteiger partial charge in [0, 0.05) is 17.1 Å². The Morgan fingerprint density at radius 1 is 1.37 bits per heavy atom. The van der Waals surface area contributed by atoms with Crippen LogP contribution in [0, 0.1) is 12.8 Å². The maximum atomic E-state index is 6.06. The number of nitrogens with zero attached hydrogens (tertiary/aromatic N) is 1. The smallest absolute Gasteiger partial charge is 0.0470 e. The summed E-state index contributed by atoms with van der Waals surface area (Å²) in [7, 11) is 0. The van der Waals surface area contributed by atoms with Crippen LogP contribution in [-0.2, 0) is 0 Å². The van der Waals surface area contributed by atoms with Gasteiger partial charge in [-0.3, -0.25) is 4.90 Å². The fourth-order valence-corrected chi connectivity index (χ4v) is 3.21. The van der Waals surface area contributed by atoms with Crippen LogP contribution in [-0.4, -0.2) is 24.5 Å². The zero-order valence-electron chi connectivity index (χ0n) is 12.0. The zero-order chi connectivity index (χ0) is 13.8. The molecule has 0 radical (unpaired) electrons. The quantitative estimate of drug-likeness (QED) is 0.914. The molecule has 0 amide bonds. The second kappa shape index (κ2) is 6.87. The molecule has 1 aliphatic rings. The number of halogens is 1. The molecule has 0 spiro atoms. The highest BCUT2D eigenvalue weighted by Crippen LogP contribution is 2.27. The molecule has 1 fully saturated rings. The van der Waals surface area contributed by atoms with Crippen LogP contribution in [0.15, 0.2) is 22.7 Å². The van der Waals surface area contributed by atoms with E-state index >= 15 is 0 Å². The van der Waals surface area contributed by atoms with Crippen molar-refractivity contribution in [2.45, 2.75) is 39.2 Å². The number of nitrogens with two attached hydrogens (primary N) is 1. The van der Waals surface area contributed by atoms with Crippen LogP contribution >= 0.6 is 15.9 Å². The maximum absolute atomic E-state index is 6.06. The summed E-state index contributed by atoms with van der Waals surface area (Å²) < 4.78 is 1.18. The Kier molecular flexibility index (Phi) is 5.43. The van der Waals surface area contributed by atoms with Gasteiger partial charge in [-0.15, -0.1) is 0 Å². The van der Waals surface area contributed by atoms with E-state index in [1.165, 1.54) is 48.0 Å². The number of benzene rings is 1. The first-order valence-corrected chi connectivity index (χ1v) is 8.11. The molecule has 0 aliphatic carbocycles. The van der Waals surface area contributed by atoms with Gasteiger partial charge in [0.1, 0.15) is 0 Å². The summed E-state index contributed by atoms with van der Waals surface area (Å²) in [5, 5.41) is 0. The minimum Gasteiger partial charge on any atom is -0.329 e. The van der Waals surface area contributed by atoms with Crippen molar-refractivity contribution in [3.05, 3.63) is 33.8 Å². The third-order valence-corrected chi connectivity index (χ3v) is 5.17. The minimum absolute atomic E-state index is 0.372. The van der Waals surface area contributed by atoms with Crippen molar-refractivity contribution < 1.29 is 0 Å². The number of hydrogen-bond donors (Lipinski definition) is 1. The first kappa shape index (κ1) is 15.0. The highest BCUT2D eigenvalue weighted by molar-refractivity contribution is 9.10. The molecule has 2 N–H and O–H groups in total. The third kappa shape index (κ3) is 3.80. The maximum Gasteiger partial charge on any atom is 0.0470 e. The summed E-state index contributed by atoms with van der Waals surface area (Å²) in [6.07, 6.45) is 3.95. The van der Waals surface area contributed by atoms with Crippen molar-refractivity contribution in [3.8, 4) is 0 Å². The van der Waals surface area contributed by atoms with Crippen LogP contribution < -0.4 is 5.73 Å². The average Bonchev–Trinajstić information content (AvgIpc) is 2.60. The van der Waals surface area contributed by atoms with Gasteiger partial charge in [-0.1, -0.05) is 35.0 Å². The summed E-state index contributed by atoms with van der Waals surface area (Å²) in [5.41, 5.74) is 8.71. The van der Waals surface area contributed by atoms with E-state index in [2.05, 4.69) is 52.9 Å². The van der Waals surface area contributed by atoms with E-state index in [1.807, 2.05) is 0 Å². The number of likely N-dealkylation sites (tertiary alicyclic amines) is 1. The van der Waals surface area contributed by atoms with Crippen LogP contribution in [0.2, 0.25) is 0 Å². The minimum atomic E-state index is 0.372. The Morgan fingerprint density at radius 2 is 2.16 bits per heavy atom. The topological polar surface area (TPSA) is 29.3 Å². The predicted octanol–water partition coefficient (Wildman–Crippen LogP) is 3.88. The van der Waals surface area contributed by atoms with Gasteiger partial charge in [0.15, 0.2) is 0 Å². The van der Waals surface area contributed by atoms with Gasteiger partial charge < -0.3 is 5.73 Å². The third-order valence-electron chi connectivity index (χ3n) is 4.28. The molecule has 1 aromatic rings. The molecule has 3 heteroatoms. The lowest BCUT2D eigenvalue weighted by molar-refractivity contribution is 0.207. The highest BCUT2D eigenvalue weighted by atomic mass is 79.9. The van der Waals surface area contributed by atoms with Gasteiger partial charge in [0.2, 0.25) is 0 Å². The second-order valence-electron chi connectivity index (χ2n) is 5.83. The van der Waals surface area contributed by atoms with E-state index < -0.39 is 0 Å². The monoisotopic (exact) mass is 324 g/mol. The van der Waals surface area contributed by atoms with Gasteiger partial charge in [0.25, 0.3) is 0 Å². The summed E-state index contributed by atoms with van der Waals surface area (Å²) in [4.78, 5) is 2.58. The van der Waals surface area contributed by atoms with Gasteiger partial charge in [-0.05, 0) is 62.4 Å². The van der Waals surface area contributed by atoms with Crippen LogP contribution in [0.1, 0.15) is 43.4 Å². The fourth-order valence-electron chi connectivity index (χ4n) is 2.97. The van der Waals surface area contributed by atoms with Gasteiger partial charge in [-0.2, -0.15) is 0 Å². The van der Waals surface area contributed by atoms with E-state index in [9.17, 15) is 0 Å². The van der Waals surface area contributed by atoms with E-state index in [1.54, 1.807) is 0 Å². The van der Waals surface area contributed by atoms with Crippen molar-refractivity contribution in [1.29, 1.82) is 0 Å². The van der Waals surface area contributed by atoms with Crippen molar-refractivity contribution >= 4 is 15.9 Å². The lowest BCUT2D eigenvalue weighted by Gasteiger charge is -2.30. The molecule has 2 nitrogen and oxygen atoms in total. The Hall–Kier alpha value is -0.380. The highest BCUT2D eigenvalue weighted by Gasteiger charge is 2.22. The molecule has 106 valence electrons. The van der Waals surface area contributed by atoms with Gasteiger partial charge >= 0.3 is 0 Å². The van der Waals surface area contributed by atoms with E-state index in [4.69, 9.17) is 5.73 Å². The van der Waals surface area contributed by atoms with Crippen molar-refractivity contribution in [2.24, 2.45) is 11.7 Å². The molecular formula is C16H25BrN2. The average molecular weight is 325 g/mol. The number of aryl methyl sites for hydroxylation is 1. The van der Waals surface area contributed by atoms with Gasteiger partial charge in [-0.25, -0.2) is 0 Å². The van der Waals surface area contributed by atoms with Crippen molar-refractivity contribution in [1.82, 2.24) is 4.90 Å². The molecule has 1 aromatic carbocycles. The number of hydrogen-bond acceptors (Lipinski definition) is 2. The second-order valence-corrected chi connectivity index (χ2v) is 6.69. The SMILES string of the molecule is Cc1cc(C(CN)N2CCCC(C)CC2)ccc1Br. The Morgan fingerprint density at radius 3 is 2.84 bits per heavy atom. The van der Waals surface area contributed by atoms with E-state index in [0.29, 0.717) is 12.6 Å². The molecule has 1 saturated heterocycles. The first-order valence-electron chi connectivity index (χ1n) is 7.32. The summed E-state index contributed by atoms with van der Waals surface area (Å²) >= 11 is 3.57. The first-order chi connectivity index (χ1) is 9.11. The molecule has 2 atom stereocenters. The predicted molar refractivity (Wildman–Crippen MR) is 85.3 cm³/mol. The normalized spacial score (nSPS) is 23.1. The lowest BCUT2D eigenvalue weighted by Crippen LogP contribution is -2.34. The van der Waals surface area contributed by atoms with Crippen molar-refractivity contribution in [2.75, 3.05) is 19.6 Å². The van der Waals surface area contributed by atoms with Crippen LogP contribution in [0.4, 0.5) is 0 Å². The summed E-state index contributed by atoms with van der Waals surface area (Å²) in [6.45, 7) is 7.57.